The van der Waals surface area contributed by atoms with Gasteiger partial charge in [-0.25, -0.2) is 0 Å². The standard InChI is InChI=1S/C13H16N2O2S/c1-15-10-3-2-9(13(6-14)7-17-8-13)4-11(10)18-5-12(15)16/h2-4H,5-8,14H2,1H3. The summed E-state index contributed by atoms with van der Waals surface area (Å²) in [7, 11) is 1.83. The number of fused-ring (bicyclic) bond motifs is 1. The highest BCUT2D eigenvalue weighted by Gasteiger charge is 2.39. The summed E-state index contributed by atoms with van der Waals surface area (Å²) >= 11 is 1.60. The predicted molar refractivity (Wildman–Crippen MR) is 72.1 cm³/mol. The van der Waals surface area contributed by atoms with Gasteiger partial charge in [0.1, 0.15) is 0 Å². The first kappa shape index (κ1) is 12.0. The molecule has 96 valence electrons. The third kappa shape index (κ3) is 1.66. The number of benzene rings is 1. The highest BCUT2D eigenvalue weighted by atomic mass is 32.2. The van der Waals surface area contributed by atoms with Gasteiger partial charge in [0.15, 0.2) is 0 Å². The summed E-state index contributed by atoms with van der Waals surface area (Å²) in [5.74, 6) is 0.666. The Balaban J connectivity index is 1.99. The van der Waals surface area contributed by atoms with Crippen LogP contribution in [0.5, 0.6) is 0 Å². The van der Waals surface area contributed by atoms with Crippen molar-refractivity contribution in [2.75, 3.05) is 37.5 Å². The van der Waals surface area contributed by atoms with E-state index in [0.29, 0.717) is 25.5 Å². The van der Waals surface area contributed by atoms with Crippen LogP contribution in [-0.4, -0.2) is 38.5 Å². The topological polar surface area (TPSA) is 55.6 Å². The number of ether oxygens (including phenoxy) is 1. The third-order valence-electron chi connectivity index (χ3n) is 3.81. The maximum Gasteiger partial charge on any atom is 0.237 e. The molecule has 1 amide bonds. The van der Waals surface area contributed by atoms with Crippen molar-refractivity contribution in [3.63, 3.8) is 0 Å². The molecule has 4 nitrogen and oxygen atoms in total. The molecule has 0 bridgehead atoms. The highest BCUT2D eigenvalue weighted by molar-refractivity contribution is 8.00. The van der Waals surface area contributed by atoms with Gasteiger partial charge in [0.25, 0.3) is 0 Å². The van der Waals surface area contributed by atoms with E-state index in [2.05, 4.69) is 12.1 Å². The first-order valence-corrected chi connectivity index (χ1v) is 6.96. The minimum Gasteiger partial charge on any atom is -0.379 e. The zero-order valence-corrected chi connectivity index (χ0v) is 11.1. The van der Waals surface area contributed by atoms with Gasteiger partial charge in [0.05, 0.1) is 30.1 Å². The Labute approximate surface area is 110 Å². The molecule has 1 aromatic rings. The fraction of sp³-hybridized carbons (Fsp3) is 0.462. The number of nitrogens with two attached hydrogens (primary N) is 1. The van der Waals surface area contributed by atoms with Crippen LogP contribution in [0.25, 0.3) is 0 Å². The molecular weight excluding hydrogens is 248 g/mol. The number of amides is 1. The Kier molecular flexibility index (Phi) is 2.84. The monoisotopic (exact) mass is 264 g/mol. The van der Waals surface area contributed by atoms with E-state index in [9.17, 15) is 4.79 Å². The summed E-state index contributed by atoms with van der Waals surface area (Å²) in [6.07, 6.45) is 0. The maximum atomic E-state index is 11.6. The SMILES string of the molecule is CN1C(=O)CSc2cc(C3(CN)COC3)ccc21. The Morgan fingerprint density at radius 1 is 1.50 bits per heavy atom. The van der Waals surface area contributed by atoms with Gasteiger partial charge < -0.3 is 15.4 Å². The van der Waals surface area contributed by atoms with E-state index in [1.165, 1.54) is 5.56 Å². The van der Waals surface area contributed by atoms with Gasteiger partial charge in [-0.1, -0.05) is 6.07 Å². The summed E-state index contributed by atoms with van der Waals surface area (Å²) in [5.41, 5.74) is 8.08. The van der Waals surface area contributed by atoms with Gasteiger partial charge in [-0.2, -0.15) is 0 Å². The molecular formula is C13H16N2O2S. The van der Waals surface area contributed by atoms with Crippen LogP contribution in [0.4, 0.5) is 5.69 Å². The molecule has 18 heavy (non-hydrogen) atoms. The van der Waals surface area contributed by atoms with Crippen LogP contribution >= 0.6 is 11.8 Å². The molecule has 0 spiro atoms. The average molecular weight is 264 g/mol. The number of carbonyl (C=O) groups is 1. The van der Waals surface area contributed by atoms with E-state index in [4.69, 9.17) is 10.5 Å². The Morgan fingerprint density at radius 2 is 2.28 bits per heavy atom. The number of rotatable bonds is 2. The molecule has 1 aromatic carbocycles. The Morgan fingerprint density at radius 3 is 2.89 bits per heavy atom. The van der Waals surface area contributed by atoms with Crippen molar-refractivity contribution >= 4 is 23.4 Å². The lowest BCUT2D eigenvalue weighted by molar-refractivity contribution is -0.116. The molecule has 0 atom stereocenters. The number of thioether (sulfide) groups is 1. The second-order valence-electron chi connectivity index (χ2n) is 4.90. The van der Waals surface area contributed by atoms with Crippen molar-refractivity contribution in [2.24, 2.45) is 5.73 Å². The fourth-order valence-electron chi connectivity index (χ4n) is 2.36. The molecule has 1 fully saturated rings. The van der Waals surface area contributed by atoms with Crippen molar-refractivity contribution in [1.29, 1.82) is 0 Å². The van der Waals surface area contributed by atoms with Crippen LogP contribution < -0.4 is 10.6 Å². The molecule has 2 aliphatic rings. The molecule has 0 radical (unpaired) electrons. The molecule has 2 N–H and O–H groups in total. The van der Waals surface area contributed by atoms with E-state index in [1.54, 1.807) is 16.7 Å². The molecule has 0 saturated carbocycles. The highest BCUT2D eigenvalue weighted by Crippen LogP contribution is 2.39. The van der Waals surface area contributed by atoms with Gasteiger partial charge in [-0.3, -0.25) is 4.79 Å². The van der Waals surface area contributed by atoms with Crippen molar-refractivity contribution in [3.05, 3.63) is 23.8 Å². The quantitative estimate of drug-likeness (QED) is 0.865. The number of carbonyl (C=O) groups excluding carboxylic acids is 1. The Hall–Kier alpha value is -1.04. The van der Waals surface area contributed by atoms with Gasteiger partial charge in [0, 0.05) is 18.5 Å². The lowest BCUT2D eigenvalue weighted by Crippen LogP contribution is -2.52. The lowest BCUT2D eigenvalue weighted by Gasteiger charge is -2.41. The van der Waals surface area contributed by atoms with Crippen LogP contribution in [0.2, 0.25) is 0 Å². The molecule has 0 aromatic heterocycles. The van der Waals surface area contributed by atoms with Gasteiger partial charge in [0.2, 0.25) is 5.91 Å². The first-order valence-electron chi connectivity index (χ1n) is 5.98. The van der Waals surface area contributed by atoms with Crippen molar-refractivity contribution in [1.82, 2.24) is 0 Å². The lowest BCUT2D eigenvalue weighted by atomic mass is 9.79. The molecule has 0 unspecified atom stereocenters. The smallest absolute Gasteiger partial charge is 0.237 e. The number of anilines is 1. The second kappa shape index (κ2) is 4.26. The van der Waals surface area contributed by atoms with Crippen LogP contribution in [0, 0.1) is 0 Å². The summed E-state index contributed by atoms with van der Waals surface area (Å²) in [6.45, 7) is 1.99. The minimum atomic E-state index is -0.0182. The van der Waals surface area contributed by atoms with E-state index in [1.807, 2.05) is 13.1 Å². The van der Waals surface area contributed by atoms with Crippen molar-refractivity contribution in [2.45, 2.75) is 10.3 Å². The number of nitrogens with zero attached hydrogens (tertiary/aromatic N) is 1. The van der Waals surface area contributed by atoms with E-state index in [0.717, 1.165) is 10.6 Å². The maximum absolute atomic E-state index is 11.6. The summed E-state index contributed by atoms with van der Waals surface area (Å²) < 4.78 is 5.31. The summed E-state index contributed by atoms with van der Waals surface area (Å²) in [6, 6.07) is 6.26. The summed E-state index contributed by atoms with van der Waals surface area (Å²) in [4.78, 5) is 14.5. The predicted octanol–water partition coefficient (Wildman–Crippen LogP) is 0.982. The van der Waals surface area contributed by atoms with Crippen LogP contribution in [0.3, 0.4) is 0 Å². The number of hydrogen-bond acceptors (Lipinski definition) is 4. The van der Waals surface area contributed by atoms with Crippen LogP contribution in [0.15, 0.2) is 23.1 Å². The van der Waals surface area contributed by atoms with E-state index >= 15 is 0 Å². The van der Waals surface area contributed by atoms with Crippen LogP contribution in [-0.2, 0) is 14.9 Å². The molecule has 2 aliphatic heterocycles. The minimum absolute atomic E-state index is 0.0182. The average Bonchev–Trinajstić information content (AvgIpc) is 2.33. The first-order chi connectivity index (χ1) is 8.66. The second-order valence-corrected chi connectivity index (χ2v) is 5.92. The van der Waals surface area contributed by atoms with Crippen molar-refractivity contribution in [3.8, 4) is 0 Å². The normalized spacial score (nSPS) is 21.4. The zero-order valence-electron chi connectivity index (χ0n) is 10.3. The third-order valence-corrected chi connectivity index (χ3v) is 4.84. The molecule has 3 rings (SSSR count). The van der Waals surface area contributed by atoms with E-state index < -0.39 is 0 Å². The van der Waals surface area contributed by atoms with Gasteiger partial charge >= 0.3 is 0 Å². The van der Waals surface area contributed by atoms with E-state index in [-0.39, 0.29) is 11.3 Å². The summed E-state index contributed by atoms with van der Waals surface area (Å²) in [5, 5.41) is 0. The largest absolute Gasteiger partial charge is 0.379 e. The number of hydrogen-bond donors (Lipinski definition) is 1. The zero-order chi connectivity index (χ0) is 12.8. The molecule has 1 saturated heterocycles. The Bertz CT molecular complexity index is 494. The molecule has 2 heterocycles. The molecule has 0 aliphatic carbocycles. The van der Waals surface area contributed by atoms with Gasteiger partial charge in [-0.05, 0) is 17.7 Å². The van der Waals surface area contributed by atoms with Crippen molar-refractivity contribution < 1.29 is 9.53 Å². The molecule has 5 heteroatoms. The van der Waals surface area contributed by atoms with Crippen LogP contribution in [0.1, 0.15) is 5.56 Å². The fourth-order valence-corrected chi connectivity index (χ4v) is 3.39. The van der Waals surface area contributed by atoms with Gasteiger partial charge in [-0.15, -0.1) is 11.8 Å².